The van der Waals surface area contributed by atoms with Gasteiger partial charge >= 0.3 is 12.2 Å². The number of anilines is 2. The number of amides is 2. The molecule has 44 heavy (non-hydrogen) atoms. The van der Waals surface area contributed by atoms with E-state index in [1.165, 1.54) is 5.69 Å². The summed E-state index contributed by atoms with van der Waals surface area (Å²) in [4.78, 5) is 43.2. The number of para-hydroxylation sites is 1. The van der Waals surface area contributed by atoms with E-state index in [9.17, 15) is 9.59 Å². The van der Waals surface area contributed by atoms with Crippen LogP contribution in [0.15, 0.2) is 48.7 Å². The number of carbonyl (C=O) groups excluding carboxylic acids is 2. The van der Waals surface area contributed by atoms with Gasteiger partial charge in [0.2, 0.25) is 0 Å². The Morgan fingerprint density at radius 2 is 1.36 bits per heavy atom. The average molecular weight is 601 g/mol. The molecule has 5 heterocycles. The number of aromatic nitrogens is 2. The van der Waals surface area contributed by atoms with Crippen LogP contribution in [0.5, 0.6) is 0 Å². The topological polar surface area (TPSA) is 91.3 Å². The van der Waals surface area contributed by atoms with Crippen LogP contribution in [-0.4, -0.2) is 95.5 Å². The van der Waals surface area contributed by atoms with Crippen molar-refractivity contribution in [1.82, 2.24) is 19.8 Å². The standard InChI is InChI=1S/C34H44N6O4/c1-33(2,3)43-31(41)38-15-13-37(14-16-38)30-12-11-23(18-35-30)28-17-29(26-9-7-8-10-27(26)36-28)39-19-24-21-40(22-25(24)20-39)32(42)44-34(4,5)6/h7-12,17-18,24-25H,13-16,19-22H2,1-6H3. The maximum Gasteiger partial charge on any atom is 0.410 e. The molecule has 10 heteroatoms. The normalized spacial score (nSPS) is 20.7. The van der Waals surface area contributed by atoms with Crippen molar-refractivity contribution in [3.05, 3.63) is 48.7 Å². The third-order valence-electron chi connectivity index (χ3n) is 8.47. The van der Waals surface area contributed by atoms with E-state index in [2.05, 4.69) is 40.1 Å². The second-order valence-corrected chi connectivity index (χ2v) is 14.2. The lowest BCUT2D eigenvalue weighted by Gasteiger charge is -2.36. The van der Waals surface area contributed by atoms with Crippen LogP contribution in [0.4, 0.5) is 21.1 Å². The molecule has 234 valence electrons. The molecule has 0 N–H and O–H groups in total. The number of hydrogen-bond acceptors (Lipinski definition) is 8. The summed E-state index contributed by atoms with van der Waals surface area (Å²) in [5.41, 5.74) is 2.99. The zero-order chi connectivity index (χ0) is 31.2. The summed E-state index contributed by atoms with van der Waals surface area (Å²) in [6.07, 6.45) is 1.42. The van der Waals surface area contributed by atoms with Gasteiger partial charge in [-0.3, -0.25) is 0 Å². The van der Waals surface area contributed by atoms with Gasteiger partial charge in [0, 0.05) is 87.0 Å². The first-order chi connectivity index (χ1) is 20.8. The lowest BCUT2D eigenvalue weighted by Crippen LogP contribution is -2.50. The molecule has 3 saturated heterocycles. The van der Waals surface area contributed by atoms with Gasteiger partial charge in [-0.15, -0.1) is 0 Å². The van der Waals surface area contributed by atoms with Gasteiger partial charge in [0.1, 0.15) is 17.0 Å². The zero-order valence-electron chi connectivity index (χ0n) is 26.7. The molecular formula is C34H44N6O4. The van der Waals surface area contributed by atoms with E-state index in [1.807, 2.05) is 64.8 Å². The van der Waals surface area contributed by atoms with Crippen LogP contribution in [0, 0.1) is 11.8 Å². The Labute approximate surface area is 259 Å². The molecule has 3 fully saturated rings. The Bertz CT molecular complexity index is 1510. The molecule has 3 aliphatic heterocycles. The first-order valence-corrected chi connectivity index (χ1v) is 15.6. The quantitative estimate of drug-likeness (QED) is 0.381. The highest BCUT2D eigenvalue weighted by atomic mass is 16.6. The molecule has 1 aromatic carbocycles. The third kappa shape index (κ3) is 6.54. The first-order valence-electron chi connectivity index (χ1n) is 15.6. The fraction of sp³-hybridized carbons (Fsp3) is 0.529. The van der Waals surface area contributed by atoms with Gasteiger partial charge in [-0.05, 0) is 65.8 Å². The Kier molecular flexibility index (Phi) is 7.80. The van der Waals surface area contributed by atoms with Gasteiger partial charge < -0.3 is 29.1 Å². The third-order valence-corrected chi connectivity index (χ3v) is 8.47. The summed E-state index contributed by atoms with van der Waals surface area (Å²) in [5.74, 6) is 1.71. The summed E-state index contributed by atoms with van der Waals surface area (Å²) < 4.78 is 11.2. The minimum Gasteiger partial charge on any atom is -0.444 e. The molecule has 0 radical (unpaired) electrons. The minimum absolute atomic E-state index is 0.212. The van der Waals surface area contributed by atoms with E-state index in [-0.39, 0.29) is 12.2 Å². The highest BCUT2D eigenvalue weighted by Gasteiger charge is 2.43. The van der Waals surface area contributed by atoms with E-state index < -0.39 is 11.2 Å². The first kappa shape index (κ1) is 30.0. The molecule has 3 aromatic rings. The SMILES string of the molecule is CC(C)(C)OC(=O)N1CCN(c2ccc(-c3cc(N4CC5CN(C(=O)OC(C)(C)C)CC5C4)c4ccccc4n3)cn2)CC1. The second kappa shape index (κ2) is 11.4. The summed E-state index contributed by atoms with van der Waals surface area (Å²) in [6, 6.07) is 14.6. The van der Waals surface area contributed by atoms with Gasteiger partial charge in [-0.2, -0.15) is 0 Å². The Balaban J connectivity index is 1.15. The molecule has 0 spiro atoms. The summed E-state index contributed by atoms with van der Waals surface area (Å²) in [7, 11) is 0. The zero-order valence-corrected chi connectivity index (χ0v) is 26.7. The average Bonchev–Trinajstić information content (AvgIpc) is 3.55. The van der Waals surface area contributed by atoms with Crippen molar-refractivity contribution in [1.29, 1.82) is 0 Å². The highest BCUT2D eigenvalue weighted by Crippen LogP contribution is 2.38. The minimum atomic E-state index is -0.501. The Hall–Kier alpha value is -4.08. The molecule has 10 nitrogen and oxygen atoms in total. The number of carbonyl (C=O) groups is 2. The summed E-state index contributed by atoms with van der Waals surface area (Å²) in [6.45, 7) is 17.2. The number of ether oxygens (including phenoxy) is 2. The van der Waals surface area contributed by atoms with E-state index in [0.717, 1.165) is 54.2 Å². The van der Waals surface area contributed by atoms with E-state index in [4.69, 9.17) is 19.4 Å². The number of rotatable bonds is 3. The number of pyridine rings is 2. The van der Waals surface area contributed by atoms with Crippen molar-refractivity contribution in [3.8, 4) is 11.3 Å². The maximum absolute atomic E-state index is 12.7. The summed E-state index contributed by atoms with van der Waals surface area (Å²) in [5, 5.41) is 1.13. The smallest absolute Gasteiger partial charge is 0.410 e. The van der Waals surface area contributed by atoms with E-state index >= 15 is 0 Å². The van der Waals surface area contributed by atoms with E-state index in [1.54, 1.807) is 4.90 Å². The van der Waals surface area contributed by atoms with Crippen LogP contribution < -0.4 is 9.80 Å². The fourth-order valence-electron chi connectivity index (χ4n) is 6.40. The molecule has 0 bridgehead atoms. The molecule has 2 unspecified atom stereocenters. The lowest BCUT2D eigenvalue weighted by atomic mass is 10.0. The van der Waals surface area contributed by atoms with Crippen LogP contribution in [0.25, 0.3) is 22.2 Å². The van der Waals surface area contributed by atoms with E-state index in [0.29, 0.717) is 38.0 Å². The lowest BCUT2D eigenvalue weighted by molar-refractivity contribution is 0.0238. The maximum atomic E-state index is 12.7. The molecule has 3 aliphatic rings. The van der Waals surface area contributed by atoms with Crippen molar-refractivity contribution < 1.29 is 19.1 Å². The van der Waals surface area contributed by atoms with Gasteiger partial charge in [0.25, 0.3) is 0 Å². The van der Waals surface area contributed by atoms with Crippen LogP contribution >= 0.6 is 0 Å². The molecular weight excluding hydrogens is 556 g/mol. The molecule has 2 amide bonds. The number of likely N-dealkylation sites (tertiary alicyclic amines) is 1. The van der Waals surface area contributed by atoms with Crippen LogP contribution in [-0.2, 0) is 9.47 Å². The van der Waals surface area contributed by atoms with Crippen LogP contribution in [0.2, 0.25) is 0 Å². The molecule has 0 aliphatic carbocycles. The predicted molar refractivity (Wildman–Crippen MR) is 172 cm³/mol. The van der Waals surface area contributed by atoms with Gasteiger partial charge in [-0.1, -0.05) is 18.2 Å². The molecule has 2 atom stereocenters. The summed E-state index contributed by atoms with van der Waals surface area (Å²) >= 11 is 0. The highest BCUT2D eigenvalue weighted by molar-refractivity contribution is 5.94. The van der Waals surface area contributed by atoms with Gasteiger partial charge in [-0.25, -0.2) is 19.6 Å². The van der Waals surface area contributed by atoms with Crippen molar-refractivity contribution in [2.75, 3.05) is 62.2 Å². The number of nitrogens with zero attached hydrogens (tertiary/aromatic N) is 6. The number of benzene rings is 1. The molecule has 6 rings (SSSR count). The monoisotopic (exact) mass is 600 g/mol. The number of piperazine rings is 1. The second-order valence-electron chi connectivity index (χ2n) is 14.2. The number of hydrogen-bond donors (Lipinski definition) is 0. The Morgan fingerprint density at radius 1 is 0.750 bits per heavy atom. The predicted octanol–water partition coefficient (Wildman–Crippen LogP) is 5.66. The molecule has 0 saturated carbocycles. The largest absolute Gasteiger partial charge is 0.444 e. The van der Waals surface area contributed by atoms with Crippen molar-refractivity contribution in [3.63, 3.8) is 0 Å². The fourth-order valence-corrected chi connectivity index (χ4v) is 6.40. The van der Waals surface area contributed by atoms with Gasteiger partial charge in [0.05, 0.1) is 11.2 Å². The number of fused-ring (bicyclic) bond motifs is 2. The van der Waals surface area contributed by atoms with Crippen molar-refractivity contribution >= 4 is 34.6 Å². The Morgan fingerprint density at radius 3 is 1.95 bits per heavy atom. The van der Waals surface area contributed by atoms with Crippen LogP contribution in [0.1, 0.15) is 41.5 Å². The van der Waals surface area contributed by atoms with Gasteiger partial charge in [0.15, 0.2) is 0 Å². The van der Waals surface area contributed by atoms with Crippen LogP contribution in [0.3, 0.4) is 0 Å². The molecule has 2 aromatic heterocycles. The van der Waals surface area contributed by atoms with Crippen molar-refractivity contribution in [2.24, 2.45) is 11.8 Å². The van der Waals surface area contributed by atoms with Crippen molar-refractivity contribution in [2.45, 2.75) is 52.7 Å².